The normalized spacial score (nSPS) is 15.9. The minimum atomic E-state index is -0.818. The summed E-state index contributed by atoms with van der Waals surface area (Å²) in [7, 11) is 0. The van der Waals surface area contributed by atoms with Gasteiger partial charge in [0.2, 0.25) is 0 Å². The van der Waals surface area contributed by atoms with Gasteiger partial charge in [-0.2, -0.15) is 0 Å². The van der Waals surface area contributed by atoms with Crippen molar-refractivity contribution in [3.05, 3.63) is 224 Å². The van der Waals surface area contributed by atoms with Gasteiger partial charge in [0.15, 0.2) is 17.5 Å². The maximum atomic E-state index is 6.64. The Morgan fingerprint density at radius 1 is 0.576 bits per heavy atom. The molecule has 0 saturated carbocycles. The van der Waals surface area contributed by atoms with Crippen LogP contribution in [0, 0.1) is 0 Å². The molecule has 1 aliphatic heterocycles. The number of fused-ring (bicyclic) bond motifs is 9. The van der Waals surface area contributed by atoms with Crippen molar-refractivity contribution in [2.24, 2.45) is 0 Å². The van der Waals surface area contributed by atoms with Crippen molar-refractivity contribution in [1.29, 1.82) is 0 Å². The van der Waals surface area contributed by atoms with E-state index in [-0.39, 0.29) is 0 Å². The minimum Gasteiger partial charge on any atom is -0.456 e. The first-order valence-electron chi connectivity index (χ1n) is 19.6. The number of hydrogen-bond donors (Lipinski definition) is 0. The molecule has 1 spiro atoms. The third-order valence-electron chi connectivity index (χ3n) is 11.6. The summed E-state index contributed by atoms with van der Waals surface area (Å²) in [4.78, 5) is 20.7. The van der Waals surface area contributed by atoms with Crippen LogP contribution in [0.15, 0.2) is 206 Å². The van der Waals surface area contributed by atoms with Crippen LogP contribution in [0.3, 0.4) is 0 Å². The lowest BCUT2D eigenvalue weighted by Gasteiger charge is -2.31. The number of furan rings is 1. The fourth-order valence-corrected chi connectivity index (χ4v) is 9.25. The van der Waals surface area contributed by atoms with Crippen LogP contribution < -0.4 is 0 Å². The number of rotatable bonds is 8. The zero-order chi connectivity index (χ0) is 39.7. The third kappa shape index (κ3) is 4.93. The van der Waals surface area contributed by atoms with Gasteiger partial charge in [0.05, 0.1) is 16.7 Å². The first-order chi connectivity index (χ1) is 29.1. The smallest absolute Gasteiger partial charge is 0.164 e. The minimum absolute atomic E-state index is 0.561. The van der Waals surface area contributed by atoms with E-state index in [4.69, 9.17) is 24.4 Å². The Morgan fingerprint density at radius 2 is 1.25 bits per heavy atom. The molecule has 2 aliphatic rings. The summed E-state index contributed by atoms with van der Waals surface area (Å²) in [5, 5.41) is 1.87. The van der Waals surface area contributed by atoms with Gasteiger partial charge in [-0.25, -0.2) is 19.9 Å². The van der Waals surface area contributed by atoms with E-state index in [2.05, 4.69) is 97.1 Å². The number of aromatic nitrogens is 5. The zero-order valence-corrected chi connectivity index (χ0v) is 32.0. The molecule has 1 aliphatic carbocycles. The quantitative estimate of drug-likeness (QED) is 0.144. The highest BCUT2D eigenvalue weighted by Crippen LogP contribution is 2.63. The molecule has 0 N–H and O–H groups in total. The van der Waals surface area contributed by atoms with Crippen molar-refractivity contribution < 1.29 is 4.42 Å². The van der Waals surface area contributed by atoms with Gasteiger partial charge in [-0.15, -0.1) is 0 Å². The molecule has 0 amide bonds. The van der Waals surface area contributed by atoms with Crippen LogP contribution in [-0.2, 0) is 5.41 Å². The van der Waals surface area contributed by atoms with Crippen molar-refractivity contribution in [2.45, 2.75) is 5.41 Å². The molecule has 59 heavy (non-hydrogen) atoms. The summed E-state index contributed by atoms with van der Waals surface area (Å²) in [5.41, 5.74) is 12.7. The standard InChI is InChI=1S/C53H35N5O/c1-4-7-27-44-48(53(52-54-42-26-16-17-28-43(42)58(44)52)40(6-3)36(5-2)37-23-14-15-25-41(37)53)35-30-31-45-39(32-35)47-38(24-18-29-46(47)59-45)51-56-49(33-19-10-8-11-20-33)55-50(57-51)34-21-12-9-13-22-34/h4-32H,1-3H2/b27-7-. The Bertz CT molecular complexity index is 3270. The summed E-state index contributed by atoms with van der Waals surface area (Å²) in [5.74, 6) is 2.66. The van der Waals surface area contributed by atoms with Crippen LogP contribution in [0.5, 0.6) is 0 Å². The Hall–Kier alpha value is -7.96. The zero-order valence-electron chi connectivity index (χ0n) is 32.0. The maximum absolute atomic E-state index is 6.64. The van der Waals surface area contributed by atoms with Crippen molar-refractivity contribution in [3.63, 3.8) is 0 Å². The predicted octanol–water partition coefficient (Wildman–Crippen LogP) is 12.7. The van der Waals surface area contributed by atoms with Gasteiger partial charge in [-0.1, -0.05) is 159 Å². The molecule has 0 bridgehead atoms. The lowest BCUT2D eigenvalue weighted by atomic mass is 9.69. The molecule has 0 radical (unpaired) electrons. The van der Waals surface area contributed by atoms with E-state index in [0.717, 1.165) is 94.6 Å². The van der Waals surface area contributed by atoms with Gasteiger partial charge in [0.1, 0.15) is 22.4 Å². The molecule has 6 heteroatoms. The van der Waals surface area contributed by atoms with Gasteiger partial charge in [0.25, 0.3) is 0 Å². The monoisotopic (exact) mass is 757 g/mol. The Labute approximate surface area is 340 Å². The Kier molecular flexibility index (Phi) is 7.75. The van der Waals surface area contributed by atoms with Crippen molar-refractivity contribution in [3.8, 4) is 34.2 Å². The van der Waals surface area contributed by atoms with Gasteiger partial charge >= 0.3 is 0 Å². The van der Waals surface area contributed by atoms with Gasteiger partial charge in [-0.05, 0) is 64.2 Å². The third-order valence-corrected chi connectivity index (χ3v) is 11.6. The van der Waals surface area contributed by atoms with Crippen LogP contribution in [0.4, 0.5) is 0 Å². The van der Waals surface area contributed by atoms with E-state index in [1.807, 2.05) is 103 Å². The van der Waals surface area contributed by atoms with Crippen LogP contribution in [0.1, 0.15) is 22.5 Å². The van der Waals surface area contributed by atoms with Crippen molar-refractivity contribution in [1.82, 2.24) is 24.5 Å². The fourth-order valence-electron chi connectivity index (χ4n) is 9.25. The molecule has 1 unspecified atom stereocenters. The van der Waals surface area contributed by atoms with E-state index in [0.29, 0.717) is 17.5 Å². The molecule has 3 aromatic heterocycles. The van der Waals surface area contributed by atoms with Gasteiger partial charge in [-0.3, -0.25) is 4.57 Å². The Morgan fingerprint density at radius 3 is 1.98 bits per heavy atom. The van der Waals surface area contributed by atoms with Crippen molar-refractivity contribution >= 4 is 49.8 Å². The molecule has 0 saturated heterocycles. The molecular formula is C53H35N5O. The number of allylic oxidation sites excluding steroid dienone is 9. The van der Waals surface area contributed by atoms with Crippen LogP contribution >= 0.6 is 0 Å². The summed E-state index contributed by atoms with van der Waals surface area (Å²) >= 11 is 0. The van der Waals surface area contributed by atoms with E-state index < -0.39 is 5.41 Å². The number of nitrogens with zero attached hydrogens (tertiary/aromatic N) is 5. The molecule has 1 atom stereocenters. The number of imidazole rings is 1. The number of hydrogen-bond acceptors (Lipinski definition) is 5. The Balaban J connectivity index is 1.22. The van der Waals surface area contributed by atoms with Gasteiger partial charge in [0, 0.05) is 33.0 Å². The molecule has 9 aromatic rings. The van der Waals surface area contributed by atoms with Gasteiger partial charge < -0.3 is 4.42 Å². The summed E-state index contributed by atoms with van der Waals surface area (Å²) in [6.07, 6.45) is 9.90. The molecular weight excluding hydrogens is 723 g/mol. The second-order valence-corrected chi connectivity index (χ2v) is 14.7. The largest absolute Gasteiger partial charge is 0.456 e. The summed E-state index contributed by atoms with van der Waals surface area (Å²) in [6, 6.07) is 49.6. The molecule has 6 nitrogen and oxygen atoms in total. The van der Waals surface area contributed by atoms with E-state index >= 15 is 0 Å². The van der Waals surface area contributed by atoms with Crippen molar-refractivity contribution in [2.75, 3.05) is 0 Å². The first-order valence-corrected chi connectivity index (χ1v) is 19.6. The topological polar surface area (TPSA) is 69.6 Å². The lowest BCUT2D eigenvalue weighted by Crippen LogP contribution is -2.28. The number of para-hydroxylation sites is 2. The van der Waals surface area contributed by atoms with Crippen LogP contribution in [0.2, 0.25) is 0 Å². The van der Waals surface area contributed by atoms with E-state index in [1.54, 1.807) is 0 Å². The molecule has 6 aromatic carbocycles. The van der Waals surface area contributed by atoms with Crippen LogP contribution in [-0.4, -0.2) is 24.5 Å². The highest BCUT2D eigenvalue weighted by Gasteiger charge is 2.55. The first kappa shape index (κ1) is 34.3. The van der Waals surface area contributed by atoms with E-state index in [9.17, 15) is 0 Å². The SMILES string of the molecule is C=C/C=C\C1=C(c2ccc3oc4cccc(-c5nc(-c6ccccc6)nc(-c6ccccc6)n5)c4c3c2)C2(C(C=C)=C(C=C)c3ccccc32)c2nc3ccccc3n21. The second-order valence-electron chi connectivity index (χ2n) is 14.7. The van der Waals surface area contributed by atoms with E-state index in [1.165, 1.54) is 0 Å². The average Bonchev–Trinajstić information content (AvgIpc) is 4.02. The second kappa shape index (κ2) is 13.3. The fraction of sp³-hybridized carbons (Fsp3) is 0.0189. The predicted molar refractivity (Wildman–Crippen MR) is 240 cm³/mol. The summed E-state index contributed by atoms with van der Waals surface area (Å²) in [6.45, 7) is 12.8. The molecule has 11 rings (SSSR count). The maximum Gasteiger partial charge on any atom is 0.164 e. The summed E-state index contributed by atoms with van der Waals surface area (Å²) < 4.78 is 8.94. The average molecular weight is 758 g/mol. The molecule has 0 fully saturated rings. The highest BCUT2D eigenvalue weighted by atomic mass is 16.3. The molecule has 278 valence electrons. The van der Waals surface area contributed by atoms with Crippen LogP contribution in [0.25, 0.3) is 84.0 Å². The lowest BCUT2D eigenvalue weighted by molar-refractivity contribution is 0.669. The number of benzene rings is 6. The highest BCUT2D eigenvalue weighted by molar-refractivity contribution is 6.15. The molecule has 4 heterocycles.